The second-order valence-corrected chi connectivity index (χ2v) is 6.07. The molecule has 4 N–H and O–H groups in total. The molecule has 1 saturated carbocycles. The zero-order valence-corrected chi connectivity index (χ0v) is 11.6. The number of carbonyl (C=O) groups excluding carboxylic acids is 1. The normalized spacial score (nSPS) is 24.4. The van der Waals surface area contributed by atoms with Crippen LogP contribution in [0.4, 0.5) is 0 Å². The number of hydrogen-bond acceptors (Lipinski definition) is 3. The topological polar surface area (TPSA) is 90.7 Å². The fourth-order valence-electron chi connectivity index (χ4n) is 2.43. The molecular formula is C13H25N3O2. The van der Waals surface area contributed by atoms with Gasteiger partial charge in [0.05, 0.1) is 0 Å². The molecule has 0 saturated heterocycles. The van der Waals surface area contributed by atoms with Gasteiger partial charge in [0, 0.05) is 0 Å². The lowest BCUT2D eigenvalue weighted by Crippen LogP contribution is -2.31. The van der Waals surface area contributed by atoms with E-state index in [-0.39, 0.29) is 24.6 Å². The Balaban J connectivity index is 2.31. The molecule has 1 rings (SSSR count). The molecular weight excluding hydrogens is 230 g/mol. The zero-order chi connectivity index (χ0) is 13.8. The highest BCUT2D eigenvalue weighted by Crippen LogP contribution is 2.38. The Morgan fingerprint density at radius 1 is 1.22 bits per heavy atom. The molecule has 1 aliphatic rings. The Morgan fingerprint density at radius 2 is 1.78 bits per heavy atom. The van der Waals surface area contributed by atoms with Crippen molar-refractivity contribution >= 4 is 11.9 Å². The molecule has 0 aromatic carbocycles. The number of nitrogens with two attached hydrogens (primary N) is 2. The van der Waals surface area contributed by atoms with Crippen molar-refractivity contribution in [3.8, 4) is 0 Å². The third-order valence-electron chi connectivity index (χ3n) is 3.59. The van der Waals surface area contributed by atoms with Gasteiger partial charge in [0.25, 0.3) is 0 Å². The van der Waals surface area contributed by atoms with Crippen LogP contribution >= 0.6 is 0 Å². The van der Waals surface area contributed by atoms with Gasteiger partial charge in [-0.2, -0.15) is 0 Å². The van der Waals surface area contributed by atoms with E-state index < -0.39 is 0 Å². The first-order chi connectivity index (χ1) is 8.29. The predicted octanol–water partition coefficient (Wildman–Crippen LogP) is 1.41. The Labute approximate surface area is 109 Å². The minimum absolute atomic E-state index is 0.0327. The molecule has 5 heteroatoms. The molecule has 0 atom stereocenters. The van der Waals surface area contributed by atoms with E-state index >= 15 is 0 Å². The minimum Gasteiger partial charge on any atom is -0.461 e. The summed E-state index contributed by atoms with van der Waals surface area (Å²) in [6.07, 6.45) is 4.14. The van der Waals surface area contributed by atoms with Crippen LogP contribution in [0, 0.1) is 11.3 Å². The average Bonchev–Trinajstić information content (AvgIpc) is 2.26. The van der Waals surface area contributed by atoms with Gasteiger partial charge in [-0.05, 0) is 37.0 Å². The van der Waals surface area contributed by atoms with E-state index in [1.54, 1.807) is 0 Å². The Bertz CT molecular complexity index is 309. The third kappa shape index (κ3) is 4.94. The molecule has 0 aromatic rings. The third-order valence-corrected chi connectivity index (χ3v) is 3.59. The fourth-order valence-corrected chi connectivity index (χ4v) is 2.43. The molecule has 0 unspecified atom stereocenters. The number of nitrogens with zero attached hydrogens (tertiary/aromatic N) is 1. The Kier molecular flexibility index (Phi) is 4.99. The van der Waals surface area contributed by atoms with Crippen molar-refractivity contribution in [2.75, 3.05) is 6.54 Å². The van der Waals surface area contributed by atoms with Crippen LogP contribution in [0.25, 0.3) is 0 Å². The quantitative estimate of drug-likeness (QED) is 0.453. The lowest BCUT2D eigenvalue weighted by atomic mass is 9.72. The second kappa shape index (κ2) is 6.07. The molecule has 0 amide bonds. The van der Waals surface area contributed by atoms with Gasteiger partial charge in [-0.3, -0.25) is 4.79 Å². The second-order valence-electron chi connectivity index (χ2n) is 6.07. The maximum atomic E-state index is 11.5. The predicted molar refractivity (Wildman–Crippen MR) is 72.0 cm³/mol. The standard InChI is InChI=1S/C13H25N3O2/c1-13(2,3)9-4-6-10(7-5-9)18-11(17)8-16-12(14)15/h9-10H,4-8H2,1-3H3,(H4,14,15,16). The van der Waals surface area contributed by atoms with Crippen LogP contribution in [0.5, 0.6) is 0 Å². The van der Waals surface area contributed by atoms with Crippen LogP contribution < -0.4 is 11.5 Å². The smallest absolute Gasteiger partial charge is 0.328 e. The first kappa shape index (κ1) is 14.8. The molecule has 5 nitrogen and oxygen atoms in total. The van der Waals surface area contributed by atoms with E-state index in [0.29, 0.717) is 11.3 Å². The van der Waals surface area contributed by atoms with Crippen LogP contribution in [0.1, 0.15) is 46.5 Å². The van der Waals surface area contributed by atoms with Gasteiger partial charge in [0.2, 0.25) is 0 Å². The Hall–Kier alpha value is -1.26. The Morgan fingerprint density at radius 3 is 2.22 bits per heavy atom. The number of guanidine groups is 1. The van der Waals surface area contributed by atoms with Crippen molar-refractivity contribution in [2.24, 2.45) is 27.8 Å². The summed E-state index contributed by atoms with van der Waals surface area (Å²) in [6.45, 7) is 6.72. The lowest BCUT2D eigenvalue weighted by molar-refractivity contribution is -0.149. The minimum atomic E-state index is -0.345. The fraction of sp³-hybridized carbons (Fsp3) is 0.846. The van der Waals surface area contributed by atoms with E-state index in [1.165, 1.54) is 0 Å². The first-order valence-electron chi connectivity index (χ1n) is 6.54. The summed E-state index contributed by atoms with van der Waals surface area (Å²) in [5.74, 6) is 0.288. The largest absolute Gasteiger partial charge is 0.461 e. The van der Waals surface area contributed by atoms with E-state index in [4.69, 9.17) is 16.2 Å². The summed E-state index contributed by atoms with van der Waals surface area (Å²) < 4.78 is 5.35. The van der Waals surface area contributed by atoms with Crippen LogP contribution in [-0.2, 0) is 9.53 Å². The zero-order valence-electron chi connectivity index (χ0n) is 11.6. The van der Waals surface area contributed by atoms with Gasteiger partial charge >= 0.3 is 5.97 Å². The van der Waals surface area contributed by atoms with Gasteiger partial charge in [0.15, 0.2) is 5.96 Å². The summed E-state index contributed by atoms with van der Waals surface area (Å²) in [7, 11) is 0. The van der Waals surface area contributed by atoms with Gasteiger partial charge in [-0.1, -0.05) is 20.8 Å². The maximum Gasteiger partial charge on any atom is 0.328 e. The molecule has 104 valence electrons. The number of aliphatic imine (C=N–C) groups is 1. The van der Waals surface area contributed by atoms with Crippen molar-refractivity contribution in [1.82, 2.24) is 0 Å². The molecule has 1 aliphatic carbocycles. The summed E-state index contributed by atoms with van der Waals surface area (Å²) in [5, 5.41) is 0. The highest BCUT2D eigenvalue weighted by molar-refractivity contribution is 5.80. The summed E-state index contributed by atoms with van der Waals surface area (Å²) >= 11 is 0. The summed E-state index contributed by atoms with van der Waals surface area (Å²) in [6, 6.07) is 0. The van der Waals surface area contributed by atoms with E-state index in [1.807, 2.05) is 0 Å². The van der Waals surface area contributed by atoms with Gasteiger partial charge in [0.1, 0.15) is 12.6 Å². The molecule has 0 radical (unpaired) electrons. The van der Waals surface area contributed by atoms with E-state index in [2.05, 4.69) is 25.8 Å². The molecule has 0 bridgehead atoms. The van der Waals surface area contributed by atoms with Crippen molar-refractivity contribution in [1.29, 1.82) is 0 Å². The molecule has 0 aliphatic heterocycles. The molecule has 0 heterocycles. The number of hydrogen-bond donors (Lipinski definition) is 2. The highest BCUT2D eigenvalue weighted by atomic mass is 16.5. The van der Waals surface area contributed by atoms with Crippen molar-refractivity contribution in [3.63, 3.8) is 0 Å². The maximum absolute atomic E-state index is 11.5. The van der Waals surface area contributed by atoms with Crippen LogP contribution in [0.2, 0.25) is 0 Å². The highest BCUT2D eigenvalue weighted by Gasteiger charge is 2.30. The van der Waals surface area contributed by atoms with Gasteiger partial charge in [-0.25, -0.2) is 4.99 Å². The number of rotatable bonds is 3. The summed E-state index contributed by atoms with van der Waals surface area (Å²) in [5.41, 5.74) is 10.7. The molecule has 1 fully saturated rings. The van der Waals surface area contributed by atoms with Crippen LogP contribution in [0.15, 0.2) is 4.99 Å². The lowest BCUT2D eigenvalue weighted by Gasteiger charge is -2.36. The molecule has 0 spiro atoms. The van der Waals surface area contributed by atoms with Crippen molar-refractivity contribution in [2.45, 2.75) is 52.6 Å². The van der Waals surface area contributed by atoms with Crippen LogP contribution in [-0.4, -0.2) is 24.6 Å². The van der Waals surface area contributed by atoms with Gasteiger partial charge < -0.3 is 16.2 Å². The average molecular weight is 255 g/mol. The number of ether oxygens (including phenoxy) is 1. The molecule has 18 heavy (non-hydrogen) atoms. The van der Waals surface area contributed by atoms with Gasteiger partial charge in [-0.15, -0.1) is 0 Å². The van der Waals surface area contributed by atoms with Crippen LogP contribution in [0.3, 0.4) is 0 Å². The van der Waals surface area contributed by atoms with E-state index in [9.17, 15) is 4.79 Å². The van der Waals surface area contributed by atoms with Crippen molar-refractivity contribution in [3.05, 3.63) is 0 Å². The summed E-state index contributed by atoms with van der Waals surface area (Å²) in [4.78, 5) is 15.1. The molecule has 0 aromatic heterocycles. The monoisotopic (exact) mass is 255 g/mol. The SMILES string of the molecule is CC(C)(C)C1CCC(OC(=O)CN=C(N)N)CC1. The van der Waals surface area contributed by atoms with Crippen molar-refractivity contribution < 1.29 is 9.53 Å². The first-order valence-corrected chi connectivity index (χ1v) is 6.54. The number of carbonyl (C=O) groups is 1. The number of esters is 1. The van der Waals surface area contributed by atoms with E-state index in [0.717, 1.165) is 25.7 Å².